The fraction of sp³-hybridized carbons (Fsp3) is 0.476. The Morgan fingerprint density at radius 3 is 2.32 bits per heavy atom. The van der Waals surface area contributed by atoms with Crippen LogP contribution in [-0.4, -0.2) is 45.5 Å². The van der Waals surface area contributed by atoms with Crippen LogP contribution in [-0.2, 0) is 28.6 Å². The molecule has 1 aromatic heterocycles. The zero-order chi connectivity index (χ0) is 23.0. The van der Waals surface area contributed by atoms with Gasteiger partial charge in [-0.1, -0.05) is 0 Å². The van der Waals surface area contributed by atoms with Crippen LogP contribution < -0.4 is 0 Å². The van der Waals surface area contributed by atoms with Gasteiger partial charge in [0.2, 0.25) is 0 Å². The molecule has 0 saturated carbocycles. The third-order valence-corrected chi connectivity index (χ3v) is 4.62. The van der Waals surface area contributed by atoms with Crippen LogP contribution in [0.3, 0.4) is 0 Å². The van der Waals surface area contributed by atoms with Gasteiger partial charge in [0.05, 0.1) is 30.1 Å². The van der Waals surface area contributed by atoms with Gasteiger partial charge in [-0.3, -0.25) is 0 Å². The van der Waals surface area contributed by atoms with Crippen LogP contribution in [0.1, 0.15) is 55.0 Å². The third kappa shape index (κ3) is 5.00. The zero-order valence-electron chi connectivity index (χ0n) is 17.7. The summed E-state index contributed by atoms with van der Waals surface area (Å²) in [7, 11) is 0. The molecule has 0 atom stereocenters. The lowest BCUT2D eigenvalue weighted by atomic mass is 10.0. The Labute approximate surface area is 177 Å². The zero-order valence-corrected chi connectivity index (χ0v) is 17.7. The molecule has 0 aliphatic carbocycles. The minimum absolute atomic E-state index is 0.0324. The minimum atomic E-state index is -4.45. The van der Waals surface area contributed by atoms with E-state index < -0.39 is 29.4 Å². The van der Waals surface area contributed by atoms with E-state index in [-0.39, 0.29) is 18.8 Å². The van der Waals surface area contributed by atoms with Crippen LogP contribution in [0.2, 0.25) is 0 Å². The molecule has 1 aliphatic rings. The number of aromatic nitrogens is 2. The van der Waals surface area contributed by atoms with Gasteiger partial charge < -0.3 is 14.4 Å². The van der Waals surface area contributed by atoms with Gasteiger partial charge in [0.25, 0.3) is 0 Å². The number of halogens is 3. The molecule has 0 saturated heterocycles. The van der Waals surface area contributed by atoms with Crippen LogP contribution in [0.4, 0.5) is 18.0 Å². The van der Waals surface area contributed by atoms with E-state index in [4.69, 9.17) is 9.47 Å². The van der Waals surface area contributed by atoms with E-state index in [9.17, 15) is 22.8 Å². The number of hydrogen-bond acceptors (Lipinski definition) is 5. The maximum absolute atomic E-state index is 12.9. The summed E-state index contributed by atoms with van der Waals surface area (Å²) in [5.41, 5.74) is 0.0961. The topological polar surface area (TPSA) is 73.7 Å². The fourth-order valence-electron chi connectivity index (χ4n) is 3.27. The minimum Gasteiger partial charge on any atom is -0.461 e. The number of rotatable bonds is 3. The van der Waals surface area contributed by atoms with Crippen molar-refractivity contribution in [2.45, 2.75) is 52.4 Å². The first-order valence-corrected chi connectivity index (χ1v) is 9.84. The van der Waals surface area contributed by atoms with Crippen molar-refractivity contribution >= 4 is 12.1 Å². The highest BCUT2D eigenvalue weighted by atomic mass is 19.4. The Kier molecular flexibility index (Phi) is 6.02. The lowest BCUT2D eigenvalue weighted by molar-refractivity contribution is -0.137. The molecule has 2 aromatic rings. The highest BCUT2D eigenvalue weighted by molar-refractivity contribution is 5.89. The van der Waals surface area contributed by atoms with Crippen molar-refractivity contribution in [2.24, 2.45) is 0 Å². The number of nitrogens with zero attached hydrogens (tertiary/aromatic N) is 3. The van der Waals surface area contributed by atoms with Crippen LogP contribution in [0.25, 0.3) is 5.69 Å². The fourth-order valence-corrected chi connectivity index (χ4v) is 3.27. The predicted octanol–water partition coefficient (Wildman–Crippen LogP) is 4.36. The van der Waals surface area contributed by atoms with Gasteiger partial charge in [-0.2, -0.15) is 18.3 Å². The van der Waals surface area contributed by atoms with Gasteiger partial charge in [-0.05, 0) is 52.0 Å². The van der Waals surface area contributed by atoms with Crippen LogP contribution in [0, 0.1) is 0 Å². The number of carbonyl (C=O) groups excluding carboxylic acids is 2. The standard InChI is InChI=1S/C21H24F3N3O4/c1-5-30-18(28)17-15-12-26(19(29)31-20(2,3)4)11-10-16(15)27(25-17)14-8-6-13(7-9-14)21(22,23)24/h6-9H,5,10-12H2,1-4H3. The molecule has 1 amide bonds. The van der Waals surface area contributed by atoms with Gasteiger partial charge >= 0.3 is 18.2 Å². The first-order valence-electron chi connectivity index (χ1n) is 9.84. The van der Waals surface area contributed by atoms with E-state index >= 15 is 0 Å². The monoisotopic (exact) mass is 439 g/mol. The Balaban J connectivity index is 1.98. The molecule has 0 radical (unpaired) electrons. The molecular formula is C21H24F3N3O4. The van der Waals surface area contributed by atoms with Gasteiger partial charge in [-0.15, -0.1) is 0 Å². The average molecular weight is 439 g/mol. The van der Waals surface area contributed by atoms with Gasteiger partial charge in [0, 0.05) is 18.5 Å². The number of esters is 1. The molecule has 1 aliphatic heterocycles. The van der Waals surface area contributed by atoms with E-state index in [0.717, 1.165) is 12.1 Å². The normalized spacial score (nSPS) is 14.2. The molecule has 0 unspecified atom stereocenters. The molecule has 0 bridgehead atoms. The Morgan fingerprint density at radius 2 is 1.77 bits per heavy atom. The van der Waals surface area contributed by atoms with Crippen molar-refractivity contribution in [1.82, 2.24) is 14.7 Å². The molecule has 0 N–H and O–H groups in total. The number of alkyl halides is 3. The summed E-state index contributed by atoms with van der Waals surface area (Å²) in [6.07, 6.45) is -4.62. The second kappa shape index (κ2) is 8.24. The number of fused-ring (bicyclic) bond motifs is 1. The molecule has 3 rings (SSSR count). The predicted molar refractivity (Wildman–Crippen MR) is 105 cm³/mol. The molecule has 7 nitrogen and oxygen atoms in total. The van der Waals surface area contributed by atoms with E-state index in [1.165, 1.54) is 21.7 Å². The van der Waals surface area contributed by atoms with Crippen molar-refractivity contribution in [3.63, 3.8) is 0 Å². The maximum Gasteiger partial charge on any atom is 0.416 e. The molecule has 10 heteroatoms. The van der Waals surface area contributed by atoms with Crippen molar-refractivity contribution in [3.05, 3.63) is 46.8 Å². The lowest BCUT2D eigenvalue weighted by Crippen LogP contribution is -2.40. The molecule has 31 heavy (non-hydrogen) atoms. The first kappa shape index (κ1) is 22.6. The van der Waals surface area contributed by atoms with Crippen molar-refractivity contribution in [3.8, 4) is 5.69 Å². The van der Waals surface area contributed by atoms with Crippen LogP contribution in [0.15, 0.2) is 24.3 Å². The number of hydrogen-bond donors (Lipinski definition) is 0. The Bertz CT molecular complexity index is 975. The Morgan fingerprint density at radius 1 is 1.13 bits per heavy atom. The number of benzene rings is 1. The summed E-state index contributed by atoms with van der Waals surface area (Å²) >= 11 is 0. The smallest absolute Gasteiger partial charge is 0.416 e. The van der Waals surface area contributed by atoms with Crippen LogP contribution in [0.5, 0.6) is 0 Å². The van der Waals surface area contributed by atoms with E-state index in [1.54, 1.807) is 27.7 Å². The lowest BCUT2D eigenvalue weighted by Gasteiger charge is -2.30. The second-order valence-corrected chi connectivity index (χ2v) is 8.10. The largest absolute Gasteiger partial charge is 0.461 e. The van der Waals surface area contributed by atoms with E-state index in [2.05, 4.69) is 5.10 Å². The number of ether oxygens (including phenoxy) is 2. The van der Waals surface area contributed by atoms with Crippen LogP contribution >= 0.6 is 0 Å². The summed E-state index contributed by atoms with van der Waals surface area (Å²) in [5.74, 6) is -0.657. The second-order valence-electron chi connectivity index (χ2n) is 8.10. The summed E-state index contributed by atoms with van der Waals surface area (Å²) in [5, 5.41) is 4.32. The average Bonchev–Trinajstić information content (AvgIpc) is 3.05. The van der Waals surface area contributed by atoms with Crippen molar-refractivity contribution < 1.29 is 32.2 Å². The summed E-state index contributed by atoms with van der Waals surface area (Å²) in [6, 6.07) is 4.52. The molecule has 0 spiro atoms. The first-order chi connectivity index (χ1) is 14.4. The highest BCUT2D eigenvalue weighted by Gasteiger charge is 2.34. The molecule has 0 fully saturated rings. The van der Waals surface area contributed by atoms with Gasteiger partial charge in [-0.25, -0.2) is 14.3 Å². The number of amides is 1. The SMILES string of the molecule is CCOC(=O)c1nn(-c2ccc(C(F)(F)F)cc2)c2c1CN(C(=O)OC(C)(C)C)CC2. The van der Waals surface area contributed by atoms with E-state index in [1.807, 2.05) is 0 Å². The maximum atomic E-state index is 12.9. The Hall–Kier alpha value is -3.04. The molecule has 168 valence electrons. The van der Waals surface area contributed by atoms with Gasteiger partial charge in [0.1, 0.15) is 5.60 Å². The van der Waals surface area contributed by atoms with Crippen molar-refractivity contribution in [2.75, 3.05) is 13.2 Å². The third-order valence-electron chi connectivity index (χ3n) is 4.62. The van der Waals surface area contributed by atoms with E-state index in [0.29, 0.717) is 29.9 Å². The summed E-state index contributed by atoms with van der Waals surface area (Å²) in [6.45, 7) is 7.46. The number of carbonyl (C=O) groups is 2. The molecule has 2 heterocycles. The molecular weight excluding hydrogens is 415 g/mol. The quantitative estimate of drug-likeness (QED) is 0.665. The van der Waals surface area contributed by atoms with Crippen molar-refractivity contribution in [1.29, 1.82) is 0 Å². The highest BCUT2D eigenvalue weighted by Crippen LogP contribution is 2.31. The summed E-state index contributed by atoms with van der Waals surface area (Å²) < 4.78 is 50.6. The van der Waals surface area contributed by atoms with Gasteiger partial charge in [0.15, 0.2) is 5.69 Å². The molecule has 1 aromatic carbocycles. The summed E-state index contributed by atoms with van der Waals surface area (Å²) in [4.78, 5) is 26.4.